The molecule has 5 heteroatoms. The summed E-state index contributed by atoms with van der Waals surface area (Å²) in [5.74, 6) is 1.18. The van der Waals surface area contributed by atoms with Crippen molar-refractivity contribution >= 4 is 17.1 Å². The van der Waals surface area contributed by atoms with Crippen LogP contribution in [0, 0.1) is 18.8 Å². The molecular formula is C42H34N3OPt-3. The van der Waals surface area contributed by atoms with Crippen molar-refractivity contribution in [3.63, 3.8) is 0 Å². The van der Waals surface area contributed by atoms with Gasteiger partial charge in [0.25, 0.3) is 0 Å². The van der Waals surface area contributed by atoms with Crippen molar-refractivity contribution in [2.24, 2.45) is 0 Å². The van der Waals surface area contributed by atoms with Crippen molar-refractivity contribution in [1.82, 2.24) is 4.98 Å². The van der Waals surface area contributed by atoms with E-state index in [9.17, 15) is 0 Å². The summed E-state index contributed by atoms with van der Waals surface area (Å²) in [6, 6.07) is 51.5. The van der Waals surface area contributed by atoms with Crippen molar-refractivity contribution in [3.05, 3.63) is 174 Å². The van der Waals surface area contributed by atoms with E-state index in [1.54, 1.807) is 0 Å². The number of rotatable bonds is 5. The third kappa shape index (κ3) is 5.07. The van der Waals surface area contributed by atoms with Crippen LogP contribution in [-0.2, 0) is 31.9 Å². The number of fused-ring (bicyclic) bond motifs is 4. The smallest absolute Gasteiger partial charge is 0.217 e. The van der Waals surface area contributed by atoms with Crippen LogP contribution < -0.4 is 14.5 Å². The number of benzene rings is 5. The van der Waals surface area contributed by atoms with Crippen molar-refractivity contribution in [1.29, 1.82) is 0 Å². The SMILES string of the molecule is CN1[CH-]N(c2[c-]c(C3(c4cc(C(C)(C)C)cc(Oc5[c-]cccc5)n4)c4ccccc4-c4ccccc43)ccc2)c2ccccc21.[Pt]. The number of hydrogen-bond donors (Lipinski definition) is 0. The molecule has 2 aliphatic rings. The maximum atomic E-state index is 6.43. The van der Waals surface area contributed by atoms with Gasteiger partial charge in [-0.05, 0) is 58.5 Å². The summed E-state index contributed by atoms with van der Waals surface area (Å²) in [5.41, 5.74) is 10.2. The predicted octanol–water partition coefficient (Wildman–Crippen LogP) is 9.84. The molecule has 0 N–H and O–H groups in total. The topological polar surface area (TPSA) is 28.6 Å². The van der Waals surface area contributed by atoms with E-state index >= 15 is 0 Å². The van der Waals surface area contributed by atoms with Gasteiger partial charge in [0.05, 0.1) is 11.1 Å². The van der Waals surface area contributed by atoms with Gasteiger partial charge in [-0.1, -0.05) is 81.4 Å². The third-order valence-electron chi connectivity index (χ3n) is 9.15. The maximum absolute atomic E-state index is 6.43. The molecule has 8 rings (SSSR count). The molecule has 0 bridgehead atoms. The number of ether oxygens (including phenoxy) is 1. The first kappa shape index (κ1) is 31.0. The molecule has 0 amide bonds. The molecule has 1 aromatic heterocycles. The summed E-state index contributed by atoms with van der Waals surface area (Å²) in [7, 11) is 2.08. The normalized spacial score (nSPS) is 14.2. The van der Waals surface area contributed by atoms with Crippen LogP contribution in [0.1, 0.15) is 48.7 Å². The molecule has 0 unspecified atom stereocenters. The number of hydrogen-bond acceptors (Lipinski definition) is 4. The van der Waals surface area contributed by atoms with Gasteiger partial charge in [0.1, 0.15) is 0 Å². The number of anilines is 3. The van der Waals surface area contributed by atoms with Crippen LogP contribution in [0.3, 0.4) is 0 Å². The van der Waals surface area contributed by atoms with Crippen molar-refractivity contribution in [2.75, 3.05) is 16.8 Å². The molecule has 1 aliphatic heterocycles. The van der Waals surface area contributed by atoms with Crippen LogP contribution in [0.4, 0.5) is 17.1 Å². The second-order valence-electron chi connectivity index (χ2n) is 13.0. The van der Waals surface area contributed by atoms with E-state index in [-0.39, 0.29) is 26.5 Å². The molecule has 236 valence electrons. The Hall–Kier alpha value is -4.66. The van der Waals surface area contributed by atoms with Gasteiger partial charge in [0.15, 0.2) is 0 Å². The molecule has 0 fully saturated rings. The Morgan fingerprint density at radius 2 is 1.40 bits per heavy atom. The zero-order valence-electron chi connectivity index (χ0n) is 26.8. The van der Waals surface area contributed by atoms with Gasteiger partial charge >= 0.3 is 0 Å². The average Bonchev–Trinajstić information content (AvgIpc) is 3.58. The third-order valence-corrected chi connectivity index (χ3v) is 9.15. The number of para-hydroxylation sites is 3. The van der Waals surface area contributed by atoms with Crippen LogP contribution in [0.15, 0.2) is 127 Å². The summed E-state index contributed by atoms with van der Waals surface area (Å²) in [6.45, 7) is 8.83. The quantitative estimate of drug-likeness (QED) is 0.163. The molecular weight excluding hydrogens is 758 g/mol. The zero-order valence-corrected chi connectivity index (χ0v) is 29.0. The van der Waals surface area contributed by atoms with E-state index in [1.165, 1.54) is 22.3 Å². The van der Waals surface area contributed by atoms with Gasteiger partial charge in [0.2, 0.25) is 5.88 Å². The minimum absolute atomic E-state index is 0. The molecule has 0 atom stereocenters. The average molecular weight is 792 g/mol. The van der Waals surface area contributed by atoms with E-state index in [2.05, 4.69) is 160 Å². The summed E-state index contributed by atoms with van der Waals surface area (Å²) in [5, 5.41) is 0. The fraction of sp³-hybridized carbons (Fsp3) is 0.143. The van der Waals surface area contributed by atoms with Crippen molar-refractivity contribution in [2.45, 2.75) is 31.6 Å². The van der Waals surface area contributed by atoms with Gasteiger partial charge in [-0.2, -0.15) is 49.1 Å². The summed E-state index contributed by atoms with van der Waals surface area (Å²) in [6.07, 6.45) is 0. The Balaban J connectivity index is 0.00000351. The van der Waals surface area contributed by atoms with Crippen LogP contribution in [0.25, 0.3) is 11.1 Å². The Bertz CT molecular complexity index is 2040. The summed E-state index contributed by atoms with van der Waals surface area (Å²) in [4.78, 5) is 9.73. The Kier molecular flexibility index (Phi) is 7.81. The summed E-state index contributed by atoms with van der Waals surface area (Å²) < 4.78 is 6.43. The fourth-order valence-corrected chi connectivity index (χ4v) is 6.95. The van der Waals surface area contributed by atoms with Crippen molar-refractivity contribution in [3.8, 4) is 22.8 Å². The molecule has 4 nitrogen and oxygen atoms in total. The number of pyridine rings is 1. The zero-order chi connectivity index (χ0) is 31.5. The second kappa shape index (κ2) is 11.9. The molecule has 5 aromatic carbocycles. The standard InChI is InChI=1S/C42H34N3O.Pt/c1-41(2,3)30-26-39(43-40(27-30)46-32-17-6-5-7-18-32)42(35-21-10-8-19-33(35)34-20-9-11-22-36(34)42)29-15-14-16-31(25-29)45-28-44(4)37-23-12-13-24-38(37)45;/h5-17,19-24,26-28H,1-4H3;/q-3;. The monoisotopic (exact) mass is 791 g/mol. The largest absolute Gasteiger partial charge is 0.504 e. The maximum Gasteiger partial charge on any atom is 0.217 e. The van der Waals surface area contributed by atoms with Gasteiger partial charge in [-0.3, -0.25) is 0 Å². The number of nitrogens with zero attached hydrogens (tertiary/aromatic N) is 3. The Morgan fingerprint density at radius 3 is 2.09 bits per heavy atom. The van der Waals surface area contributed by atoms with E-state index in [4.69, 9.17) is 9.72 Å². The van der Waals surface area contributed by atoms with Crippen LogP contribution in [-0.4, -0.2) is 12.0 Å². The fourth-order valence-electron chi connectivity index (χ4n) is 6.95. The van der Waals surface area contributed by atoms with E-state index < -0.39 is 5.41 Å². The van der Waals surface area contributed by atoms with Crippen LogP contribution in [0.2, 0.25) is 0 Å². The van der Waals surface area contributed by atoms with Gasteiger partial charge < -0.3 is 14.5 Å². The second-order valence-corrected chi connectivity index (χ2v) is 13.0. The minimum Gasteiger partial charge on any atom is -0.504 e. The minimum atomic E-state index is -0.742. The van der Waals surface area contributed by atoms with Crippen LogP contribution >= 0.6 is 0 Å². The van der Waals surface area contributed by atoms with E-state index in [0.29, 0.717) is 11.6 Å². The first-order chi connectivity index (χ1) is 22.3. The molecule has 0 saturated carbocycles. The number of aromatic nitrogens is 1. The molecule has 6 aromatic rings. The van der Waals surface area contributed by atoms with Gasteiger partial charge in [0, 0.05) is 44.3 Å². The first-order valence-corrected chi connectivity index (χ1v) is 15.7. The summed E-state index contributed by atoms with van der Waals surface area (Å²) >= 11 is 0. The molecule has 0 spiro atoms. The molecule has 2 heterocycles. The van der Waals surface area contributed by atoms with Gasteiger partial charge in [-0.25, -0.2) is 4.98 Å². The Labute approximate surface area is 292 Å². The molecule has 0 radical (unpaired) electrons. The molecule has 47 heavy (non-hydrogen) atoms. The van der Waals surface area contributed by atoms with Gasteiger partial charge in [-0.15, -0.1) is 23.4 Å². The van der Waals surface area contributed by atoms with E-state index in [0.717, 1.165) is 33.9 Å². The predicted molar refractivity (Wildman–Crippen MR) is 186 cm³/mol. The van der Waals surface area contributed by atoms with E-state index in [1.807, 2.05) is 24.3 Å². The van der Waals surface area contributed by atoms with Crippen LogP contribution in [0.5, 0.6) is 11.6 Å². The molecule has 0 saturated heterocycles. The Morgan fingerprint density at radius 1 is 0.745 bits per heavy atom. The molecule has 1 aliphatic carbocycles. The van der Waals surface area contributed by atoms with Crippen molar-refractivity contribution < 1.29 is 25.8 Å². The first-order valence-electron chi connectivity index (χ1n) is 15.7.